The molecule has 0 bridgehead atoms. The number of aromatic nitrogens is 2. The maximum Gasteiger partial charge on any atom is 0.254 e. The number of rotatable bonds is 9. The molecule has 3 saturated heterocycles. The van der Waals surface area contributed by atoms with E-state index >= 15 is 0 Å². The summed E-state index contributed by atoms with van der Waals surface area (Å²) < 4.78 is 7.35. The third kappa shape index (κ3) is 7.39. The number of piperidine rings is 1. The van der Waals surface area contributed by atoms with Crippen LogP contribution < -0.4 is 5.32 Å². The van der Waals surface area contributed by atoms with Gasteiger partial charge in [-0.15, -0.1) is 12.4 Å². The lowest BCUT2D eigenvalue weighted by Crippen LogP contribution is -2.73. The number of piperazine rings is 1. The highest BCUT2D eigenvalue weighted by molar-refractivity contribution is 6.00. The first kappa shape index (κ1) is 35.4. The normalized spacial score (nSPS) is 22.3. The molecule has 2 aromatic rings. The Morgan fingerprint density at radius 1 is 1.00 bits per heavy atom. The highest BCUT2D eigenvalue weighted by Gasteiger charge is 2.53. The van der Waals surface area contributed by atoms with Gasteiger partial charge in [0.1, 0.15) is 11.6 Å². The molecule has 0 unspecified atom stereocenters. The molecule has 1 aromatic carbocycles. The number of morpholine rings is 1. The summed E-state index contributed by atoms with van der Waals surface area (Å²) in [5.41, 5.74) is 4.09. The standard InChI is InChI=1S/C36H52N6O4.ClH/c1-4-5-17-41-34(44)32(24-28-9-7-6-8-10-28)37-35(45)36(41)15-18-39(19-16-36)25-31-26(2)38-42(27(31)3)30-13-11-29(12-14-30)33(43)40-20-22-46-23-21-40;/h11-14,28,32H,4-10,15-25H2,1-3H3,(H,37,45);1H/t32-;/m0./s1. The van der Waals surface area contributed by atoms with Crippen LogP contribution in [0.5, 0.6) is 0 Å². The SMILES string of the molecule is CCCCN1C(=O)[C@H](CC2CCCCC2)NC(=O)C12CCN(Cc1c(C)nn(-c3ccc(C(=O)N4CCOCC4)cc3)c1C)CC2.Cl. The summed E-state index contributed by atoms with van der Waals surface area (Å²) in [5.74, 6) is 0.764. The predicted octanol–water partition coefficient (Wildman–Crippen LogP) is 4.82. The van der Waals surface area contributed by atoms with E-state index in [1.54, 1.807) is 0 Å². The first-order valence-electron chi connectivity index (χ1n) is 17.7. The molecule has 1 saturated carbocycles. The van der Waals surface area contributed by atoms with Gasteiger partial charge in [0.25, 0.3) is 5.91 Å². The average Bonchev–Trinajstić information content (AvgIpc) is 3.37. The van der Waals surface area contributed by atoms with Crippen molar-refractivity contribution in [1.29, 1.82) is 0 Å². The number of nitrogens with one attached hydrogen (secondary N) is 1. The zero-order chi connectivity index (χ0) is 32.3. The smallest absolute Gasteiger partial charge is 0.254 e. The Hall–Kier alpha value is -2.95. The largest absolute Gasteiger partial charge is 0.378 e. The molecule has 3 aliphatic heterocycles. The number of aryl methyl sites for hydroxylation is 1. The number of hydrogen-bond acceptors (Lipinski definition) is 6. The van der Waals surface area contributed by atoms with Gasteiger partial charge in [-0.05, 0) is 69.7 Å². The summed E-state index contributed by atoms with van der Waals surface area (Å²) >= 11 is 0. The molecule has 10 nitrogen and oxygen atoms in total. The first-order valence-corrected chi connectivity index (χ1v) is 17.7. The van der Waals surface area contributed by atoms with Gasteiger partial charge < -0.3 is 19.9 Å². The van der Waals surface area contributed by atoms with Crippen LogP contribution in [0, 0.1) is 19.8 Å². The van der Waals surface area contributed by atoms with Crippen molar-refractivity contribution in [2.75, 3.05) is 45.9 Å². The number of hydrogen-bond donors (Lipinski definition) is 1. The molecule has 6 rings (SSSR count). The molecule has 0 radical (unpaired) electrons. The van der Waals surface area contributed by atoms with E-state index in [1.165, 1.54) is 37.7 Å². The Labute approximate surface area is 286 Å². The number of carbonyl (C=O) groups is 3. The van der Waals surface area contributed by atoms with Crippen molar-refractivity contribution in [1.82, 2.24) is 29.8 Å². The molecule has 4 aliphatic rings. The predicted molar refractivity (Wildman–Crippen MR) is 184 cm³/mol. The maximum atomic E-state index is 13.9. The highest BCUT2D eigenvalue weighted by atomic mass is 35.5. The second-order valence-corrected chi connectivity index (χ2v) is 13.9. The van der Waals surface area contributed by atoms with Crippen molar-refractivity contribution in [3.05, 3.63) is 46.8 Å². The zero-order valence-corrected chi connectivity index (χ0v) is 29.3. The third-order valence-corrected chi connectivity index (χ3v) is 11.0. The summed E-state index contributed by atoms with van der Waals surface area (Å²) in [6.45, 7) is 11.6. The number of ether oxygens (including phenoxy) is 1. The van der Waals surface area contributed by atoms with Crippen molar-refractivity contribution in [2.24, 2.45) is 5.92 Å². The number of halogens is 1. The number of likely N-dealkylation sites (tertiary alicyclic amines) is 1. The van der Waals surface area contributed by atoms with E-state index in [0.29, 0.717) is 57.2 Å². The van der Waals surface area contributed by atoms with E-state index in [2.05, 4.69) is 24.1 Å². The van der Waals surface area contributed by atoms with Crippen molar-refractivity contribution in [2.45, 2.75) is 103 Å². The van der Waals surface area contributed by atoms with Crippen LogP contribution in [-0.4, -0.2) is 99.7 Å². The lowest BCUT2D eigenvalue weighted by Gasteiger charge is -2.52. The Bertz CT molecular complexity index is 1390. The molecule has 1 aromatic heterocycles. The minimum atomic E-state index is -0.750. The molecular weight excluding hydrogens is 616 g/mol. The maximum absolute atomic E-state index is 13.9. The molecule has 47 heavy (non-hydrogen) atoms. The first-order chi connectivity index (χ1) is 22.3. The van der Waals surface area contributed by atoms with E-state index in [4.69, 9.17) is 9.84 Å². The fourth-order valence-corrected chi connectivity index (χ4v) is 8.08. The molecule has 3 amide bonds. The van der Waals surface area contributed by atoms with Gasteiger partial charge in [-0.25, -0.2) is 4.68 Å². The molecule has 1 spiro atoms. The summed E-state index contributed by atoms with van der Waals surface area (Å²) in [6.07, 6.45) is 10.1. The molecule has 4 heterocycles. The van der Waals surface area contributed by atoms with Gasteiger partial charge in [0, 0.05) is 56.1 Å². The van der Waals surface area contributed by atoms with Crippen molar-refractivity contribution >= 4 is 30.1 Å². The average molecular weight is 669 g/mol. The van der Waals surface area contributed by atoms with Gasteiger partial charge in [-0.2, -0.15) is 5.10 Å². The molecule has 258 valence electrons. The zero-order valence-electron chi connectivity index (χ0n) is 28.5. The summed E-state index contributed by atoms with van der Waals surface area (Å²) in [5, 5.41) is 8.10. The highest BCUT2D eigenvalue weighted by Crippen LogP contribution is 2.36. The second kappa shape index (κ2) is 15.5. The van der Waals surface area contributed by atoms with E-state index < -0.39 is 5.54 Å². The Balaban J connectivity index is 0.00000433. The Morgan fingerprint density at radius 2 is 1.68 bits per heavy atom. The van der Waals surface area contributed by atoms with E-state index in [1.807, 2.05) is 45.7 Å². The Kier molecular flexibility index (Phi) is 11.7. The van der Waals surface area contributed by atoms with E-state index in [0.717, 1.165) is 56.0 Å². The van der Waals surface area contributed by atoms with Crippen LogP contribution in [-0.2, 0) is 20.9 Å². The number of nitrogens with zero attached hydrogens (tertiary/aromatic N) is 5. The lowest BCUT2D eigenvalue weighted by molar-refractivity contribution is -0.162. The van der Waals surface area contributed by atoms with Crippen LogP contribution in [0.1, 0.15) is 98.4 Å². The number of benzene rings is 1. The van der Waals surface area contributed by atoms with Crippen LogP contribution in [0.3, 0.4) is 0 Å². The van der Waals surface area contributed by atoms with Crippen LogP contribution in [0.4, 0.5) is 0 Å². The van der Waals surface area contributed by atoms with Crippen LogP contribution >= 0.6 is 12.4 Å². The molecule has 4 fully saturated rings. The van der Waals surface area contributed by atoms with Gasteiger partial charge in [-0.3, -0.25) is 19.3 Å². The van der Waals surface area contributed by atoms with E-state index in [9.17, 15) is 14.4 Å². The summed E-state index contributed by atoms with van der Waals surface area (Å²) in [4.78, 5) is 46.9. The monoisotopic (exact) mass is 668 g/mol. The van der Waals surface area contributed by atoms with Gasteiger partial charge in [0.15, 0.2) is 0 Å². The molecule has 11 heteroatoms. The summed E-state index contributed by atoms with van der Waals surface area (Å²) in [7, 11) is 0. The molecular formula is C36H53ClN6O4. The van der Waals surface area contributed by atoms with E-state index in [-0.39, 0.29) is 36.2 Å². The fraction of sp³-hybridized carbons (Fsp3) is 0.667. The second-order valence-electron chi connectivity index (χ2n) is 13.9. The van der Waals surface area contributed by atoms with Gasteiger partial charge >= 0.3 is 0 Å². The quantitative estimate of drug-likeness (QED) is 0.412. The fourth-order valence-electron chi connectivity index (χ4n) is 8.08. The van der Waals surface area contributed by atoms with Gasteiger partial charge in [0.2, 0.25) is 11.8 Å². The lowest BCUT2D eigenvalue weighted by atomic mass is 9.79. The number of amides is 3. The van der Waals surface area contributed by atoms with Crippen molar-refractivity contribution in [3.63, 3.8) is 0 Å². The van der Waals surface area contributed by atoms with Crippen LogP contribution in [0.15, 0.2) is 24.3 Å². The number of carbonyl (C=O) groups excluding carboxylic acids is 3. The third-order valence-electron chi connectivity index (χ3n) is 11.0. The Morgan fingerprint density at radius 3 is 2.34 bits per heavy atom. The van der Waals surface area contributed by atoms with Gasteiger partial charge in [0.05, 0.1) is 24.6 Å². The van der Waals surface area contributed by atoms with Crippen LogP contribution in [0.2, 0.25) is 0 Å². The molecule has 1 aliphatic carbocycles. The van der Waals surface area contributed by atoms with Crippen molar-refractivity contribution in [3.8, 4) is 5.69 Å². The van der Waals surface area contributed by atoms with Gasteiger partial charge in [-0.1, -0.05) is 45.4 Å². The number of unbranched alkanes of at least 4 members (excludes halogenated alkanes) is 1. The molecule has 1 atom stereocenters. The minimum Gasteiger partial charge on any atom is -0.378 e. The summed E-state index contributed by atoms with van der Waals surface area (Å²) in [6, 6.07) is 7.32. The van der Waals surface area contributed by atoms with Crippen LogP contribution in [0.25, 0.3) is 5.69 Å². The topological polar surface area (TPSA) is 100 Å². The van der Waals surface area contributed by atoms with Crippen molar-refractivity contribution < 1.29 is 19.1 Å². The minimum absolute atomic E-state index is 0. The molecule has 1 N–H and O–H groups in total.